The molecule has 3 nitrogen and oxygen atoms in total. The molecule has 122 valence electrons. The molecular weight excluding hydrogens is 324 g/mol. The molecule has 0 fully saturated rings. The third-order valence-electron chi connectivity index (χ3n) is 3.93. The maximum Gasteiger partial charge on any atom is 0.226 e. The summed E-state index contributed by atoms with van der Waals surface area (Å²) >= 11 is 3.46. The van der Waals surface area contributed by atoms with Gasteiger partial charge in [-0.25, -0.2) is 4.98 Å². The monoisotopic (exact) mass is 346 g/mol. The summed E-state index contributed by atoms with van der Waals surface area (Å²) in [4.78, 5) is 19.2. The number of fused-ring (bicyclic) bond motifs is 1. The van der Waals surface area contributed by atoms with E-state index in [-0.39, 0.29) is 5.91 Å². The lowest BCUT2D eigenvalue weighted by atomic mass is 10.0. The van der Waals surface area contributed by atoms with Gasteiger partial charge in [0.15, 0.2) is 5.13 Å². The molecule has 0 bridgehead atoms. The highest BCUT2D eigenvalue weighted by Crippen LogP contribution is 2.29. The van der Waals surface area contributed by atoms with Crippen LogP contribution < -0.4 is 5.32 Å². The van der Waals surface area contributed by atoms with Crippen molar-refractivity contribution in [3.05, 3.63) is 40.4 Å². The van der Waals surface area contributed by atoms with E-state index in [0.29, 0.717) is 6.42 Å². The average molecular weight is 347 g/mol. The second-order valence-corrected chi connectivity index (χ2v) is 8.16. The number of hydrogen-bond donors (Lipinski definition) is 1. The zero-order valence-corrected chi connectivity index (χ0v) is 15.1. The fraction of sp³-hybridized carbons (Fsp3) is 0.444. The molecule has 23 heavy (non-hydrogen) atoms. The Morgan fingerprint density at radius 2 is 2.04 bits per heavy atom. The molecule has 1 aliphatic rings. The quantitative estimate of drug-likeness (QED) is 0.601. The molecule has 1 N–H and O–H groups in total. The first kappa shape index (κ1) is 16.5. The number of thiazole rings is 1. The smallest absolute Gasteiger partial charge is 0.226 e. The number of carbonyl (C=O) groups excluding carboxylic acids is 1. The maximum absolute atomic E-state index is 12.0. The van der Waals surface area contributed by atoms with Crippen molar-refractivity contribution < 1.29 is 4.79 Å². The summed E-state index contributed by atoms with van der Waals surface area (Å²) < 4.78 is 0. The molecule has 2 aromatic rings. The number of nitrogens with one attached hydrogen (secondary N) is 1. The highest BCUT2D eigenvalue weighted by molar-refractivity contribution is 7.99. The fourth-order valence-electron chi connectivity index (χ4n) is 2.64. The molecule has 1 aromatic heterocycles. The van der Waals surface area contributed by atoms with Gasteiger partial charge in [0.1, 0.15) is 0 Å². The van der Waals surface area contributed by atoms with Gasteiger partial charge in [-0.05, 0) is 56.9 Å². The lowest BCUT2D eigenvalue weighted by Gasteiger charge is -2.06. The molecule has 0 unspecified atom stereocenters. The van der Waals surface area contributed by atoms with Gasteiger partial charge in [-0.15, -0.1) is 23.1 Å². The van der Waals surface area contributed by atoms with Crippen LogP contribution in [0.4, 0.5) is 5.13 Å². The number of aryl methyl sites for hydroxylation is 3. The van der Waals surface area contributed by atoms with Crippen LogP contribution in [0.2, 0.25) is 0 Å². The van der Waals surface area contributed by atoms with Crippen molar-refractivity contribution in [3.8, 4) is 0 Å². The van der Waals surface area contributed by atoms with E-state index in [1.807, 2.05) is 0 Å². The van der Waals surface area contributed by atoms with Gasteiger partial charge in [-0.1, -0.05) is 17.7 Å². The van der Waals surface area contributed by atoms with Crippen LogP contribution in [0.1, 0.15) is 41.8 Å². The molecule has 0 radical (unpaired) electrons. The maximum atomic E-state index is 12.0. The number of nitrogens with zero attached hydrogens (tertiary/aromatic N) is 1. The van der Waals surface area contributed by atoms with Gasteiger partial charge in [0, 0.05) is 16.2 Å². The molecule has 0 saturated carbocycles. The Labute approximate surface area is 145 Å². The number of anilines is 1. The summed E-state index contributed by atoms with van der Waals surface area (Å²) in [5.74, 6) is 1.05. The number of thioether (sulfide) groups is 1. The summed E-state index contributed by atoms with van der Waals surface area (Å²) in [6.07, 6.45) is 6.10. The summed E-state index contributed by atoms with van der Waals surface area (Å²) in [6, 6.07) is 8.53. The van der Waals surface area contributed by atoms with Gasteiger partial charge in [-0.3, -0.25) is 4.79 Å². The van der Waals surface area contributed by atoms with Crippen molar-refractivity contribution in [1.82, 2.24) is 4.98 Å². The zero-order chi connectivity index (χ0) is 16.1. The molecule has 0 aliphatic heterocycles. The van der Waals surface area contributed by atoms with E-state index in [1.54, 1.807) is 23.1 Å². The van der Waals surface area contributed by atoms with Gasteiger partial charge >= 0.3 is 0 Å². The van der Waals surface area contributed by atoms with E-state index in [0.717, 1.165) is 30.1 Å². The Balaban J connectivity index is 1.39. The Morgan fingerprint density at radius 1 is 1.26 bits per heavy atom. The lowest BCUT2D eigenvalue weighted by Crippen LogP contribution is -2.11. The van der Waals surface area contributed by atoms with Gasteiger partial charge in [0.2, 0.25) is 5.91 Å². The van der Waals surface area contributed by atoms with Gasteiger partial charge in [0.25, 0.3) is 0 Å². The molecule has 5 heteroatoms. The topological polar surface area (TPSA) is 42.0 Å². The molecule has 1 amide bonds. The predicted octanol–water partition coefficient (Wildman–Crippen LogP) is 4.84. The average Bonchev–Trinajstić information content (AvgIpc) is 2.95. The normalized spacial score (nSPS) is 13.6. The third kappa shape index (κ3) is 4.82. The van der Waals surface area contributed by atoms with E-state index < -0.39 is 0 Å². The van der Waals surface area contributed by atoms with E-state index in [9.17, 15) is 4.79 Å². The first-order valence-corrected chi connectivity index (χ1v) is 9.99. The second-order valence-electron chi connectivity index (χ2n) is 5.91. The van der Waals surface area contributed by atoms with Crippen LogP contribution in [0.3, 0.4) is 0 Å². The SMILES string of the molecule is Cc1ccc(SCCCC(=O)Nc2nc3c(s2)CCCC3)cc1. The molecule has 0 atom stereocenters. The number of amides is 1. The fourth-order valence-corrected chi connectivity index (χ4v) is 4.56. The molecule has 1 aliphatic carbocycles. The molecule has 0 spiro atoms. The van der Waals surface area contributed by atoms with Gasteiger partial charge in [-0.2, -0.15) is 0 Å². The summed E-state index contributed by atoms with van der Waals surface area (Å²) in [5.41, 5.74) is 2.48. The van der Waals surface area contributed by atoms with Crippen LogP contribution in [0, 0.1) is 6.92 Å². The molecule has 3 rings (SSSR count). The predicted molar refractivity (Wildman–Crippen MR) is 98.5 cm³/mol. The molecule has 1 heterocycles. The Hall–Kier alpha value is -1.33. The van der Waals surface area contributed by atoms with Gasteiger partial charge in [0.05, 0.1) is 5.69 Å². The van der Waals surface area contributed by atoms with Crippen molar-refractivity contribution in [1.29, 1.82) is 0 Å². The minimum absolute atomic E-state index is 0.0839. The first-order valence-electron chi connectivity index (χ1n) is 8.18. The van der Waals surface area contributed by atoms with Crippen molar-refractivity contribution in [2.45, 2.75) is 50.3 Å². The number of rotatable bonds is 6. The third-order valence-corrected chi connectivity index (χ3v) is 6.10. The number of carbonyl (C=O) groups is 1. The lowest BCUT2D eigenvalue weighted by molar-refractivity contribution is -0.116. The summed E-state index contributed by atoms with van der Waals surface area (Å²) in [7, 11) is 0. The second kappa shape index (κ2) is 7.97. The molecular formula is C18H22N2OS2. The van der Waals surface area contributed by atoms with Gasteiger partial charge < -0.3 is 5.32 Å². The minimum atomic E-state index is 0.0839. The highest BCUT2D eigenvalue weighted by Gasteiger charge is 2.16. The van der Waals surface area contributed by atoms with Crippen LogP contribution in [0.15, 0.2) is 29.2 Å². The van der Waals surface area contributed by atoms with E-state index in [1.165, 1.54) is 33.9 Å². The van der Waals surface area contributed by atoms with Crippen LogP contribution in [0.5, 0.6) is 0 Å². The largest absolute Gasteiger partial charge is 0.302 e. The van der Waals surface area contributed by atoms with E-state index >= 15 is 0 Å². The van der Waals surface area contributed by atoms with E-state index in [2.05, 4.69) is 41.5 Å². The Bertz CT molecular complexity index is 641. The number of benzene rings is 1. The van der Waals surface area contributed by atoms with Crippen LogP contribution >= 0.6 is 23.1 Å². The minimum Gasteiger partial charge on any atom is -0.302 e. The summed E-state index contributed by atoms with van der Waals surface area (Å²) in [5, 5.41) is 3.75. The summed E-state index contributed by atoms with van der Waals surface area (Å²) in [6.45, 7) is 2.09. The van der Waals surface area contributed by atoms with Crippen molar-refractivity contribution in [2.24, 2.45) is 0 Å². The van der Waals surface area contributed by atoms with Crippen LogP contribution in [-0.4, -0.2) is 16.6 Å². The van der Waals surface area contributed by atoms with Crippen molar-refractivity contribution in [3.63, 3.8) is 0 Å². The Morgan fingerprint density at radius 3 is 2.83 bits per heavy atom. The highest BCUT2D eigenvalue weighted by atomic mass is 32.2. The first-order chi connectivity index (χ1) is 11.2. The molecule has 1 aromatic carbocycles. The van der Waals surface area contributed by atoms with Crippen LogP contribution in [-0.2, 0) is 17.6 Å². The van der Waals surface area contributed by atoms with E-state index in [4.69, 9.17) is 0 Å². The van der Waals surface area contributed by atoms with Crippen molar-refractivity contribution >= 4 is 34.1 Å². The number of hydrogen-bond acceptors (Lipinski definition) is 4. The van der Waals surface area contributed by atoms with Crippen molar-refractivity contribution in [2.75, 3.05) is 11.1 Å². The van der Waals surface area contributed by atoms with Crippen LogP contribution in [0.25, 0.3) is 0 Å². The Kier molecular flexibility index (Phi) is 5.73. The molecule has 0 saturated heterocycles. The zero-order valence-electron chi connectivity index (χ0n) is 13.4. The number of aromatic nitrogens is 1. The standard InChI is InChI=1S/C18H22N2OS2/c1-13-8-10-14(11-9-13)22-12-4-7-17(21)20-18-19-15-5-2-3-6-16(15)23-18/h8-11H,2-7,12H2,1H3,(H,19,20,21).